The molecule has 3 rings (SSSR count). The second kappa shape index (κ2) is 15.8. The number of aliphatic hydroxyl groups excluding tert-OH is 1. The van der Waals surface area contributed by atoms with Crippen molar-refractivity contribution in [2.45, 2.75) is 71.3 Å². The first-order chi connectivity index (χ1) is 20.0. The van der Waals surface area contributed by atoms with Crippen LogP contribution in [0.3, 0.4) is 0 Å². The van der Waals surface area contributed by atoms with Crippen LogP contribution in [0.1, 0.15) is 51.7 Å². The van der Waals surface area contributed by atoms with Crippen LogP contribution in [0.25, 0.3) is 10.8 Å². The Morgan fingerprint density at radius 3 is 2.26 bits per heavy atom. The number of carbonyl (C=O) groups is 3. The summed E-state index contributed by atoms with van der Waals surface area (Å²) >= 11 is 0. The molecule has 0 spiro atoms. The van der Waals surface area contributed by atoms with Gasteiger partial charge in [-0.05, 0) is 62.4 Å². The average Bonchev–Trinajstić information content (AvgIpc) is 2.93. The first kappa shape index (κ1) is 32.4. The summed E-state index contributed by atoms with van der Waals surface area (Å²) in [5, 5.41) is 17.9. The topological polar surface area (TPSA) is 117 Å². The summed E-state index contributed by atoms with van der Waals surface area (Å²) in [5.74, 6) is -0.164. The molecule has 0 saturated carbocycles. The minimum atomic E-state index is -0.759. The normalized spacial score (nSPS) is 12.7. The highest BCUT2D eigenvalue weighted by Gasteiger charge is 2.23. The van der Waals surface area contributed by atoms with Crippen LogP contribution in [0.4, 0.5) is 9.59 Å². The Morgan fingerprint density at radius 1 is 0.881 bits per heavy atom. The fourth-order valence-corrected chi connectivity index (χ4v) is 4.49. The van der Waals surface area contributed by atoms with Crippen LogP contribution in [-0.4, -0.2) is 65.5 Å². The number of fused-ring (bicyclic) bond motifs is 1. The number of nitrogens with zero attached hydrogens (tertiary/aromatic N) is 1. The molecule has 3 aromatic carbocycles. The highest BCUT2D eigenvalue weighted by molar-refractivity contribution is 5.85. The zero-order chi connectivity index (χ0) is 30.5. The Bertz CT molecular complexity index is 1310. The van der Waals surface area contributed by atoms with E-state index < -0.39 is 29.9 Å². The molecule has 0 aliphatic heterocycles. The second-order valence-electron chi connectivity index (χ2n) is 11.5. The smallest absolute Gasteiger partial charge is 0.407 e. The number of benzene rings is 3. The summed E-state index contributed by atoms with van der Waals surface area (Å²) in [6, 6.07) is 22.7. The van der Waals surface area contributed by atoms with Crippen LogP contribution in [0, 0.1) is 0 Å². The lowest BCUT2D eigenvalue weighted by atomic mass is 10.0. The fraction of sp³-hybridized carbons (Fsp3) is 0.424. The first-order valence-corrected chi connectivity index (χ1v) is 14.4. The van der Waals surface area contributed by atoms with E-state index in [9.17, 15) is 19.5 Å². The monoisotopic (exact) mass is 577 g/mol. The molecule has 0 radical (unpaired) electrons. The third-order valence-corrected chi connectivity index (χ3v) is 6.38. The van der Waals surface area contributed by atoms with Gasteiger partial charge < -0.3 is 30.1 Å². The number of amides is 3. The molecule has 2 atom stereocenters. The van der Waals surface area contributed by atoms with E-state index in [1.54, 1.807) is 32.6 Å². The molecule has 42 heavy (non-hydrogen) atoms. The van der Waals surface area contributed by atoms with Crippen molar-refractivity contribution in [2.75, 3.05) is 19.6 Å². The predicted molar refractivity (Wildman–Crippen MR) is 163 cm³/mol. The maximum Gasteiger partial charge on any atom is 0.407 e. The Morgan fingerprint density at radius 2 is 1.57 bits per heavy atom. The molecule has 0 aliphatic rings. The molecule has 2 unspecified atom stereocenters. The molecule has 0 bridgehead atoms. The number of hydrogen-bond donors (Lipinski definition) is 3. The zero-order valence-corrected chi connectivity index (χ0v) is 25.0. The summed E-state index contributed by atoms with van der Waals surface area (Å²) < 4.78 is 10.7. The van der Waals surface area contributed by atoms with Crippen LogP contribution in [0.2, 0.25) is 0 Å². The SMILES string of the molecule is CC(O)CN(CC(CCCNC(=O)OC(C)(C)C)NC(=O)OCc1ccccc1)C(=O)Cc1ccc2ccccc2c1. The number of ether oxygens (including phenoxy) is 2. The quantitative estimate of drug-likeness (QED) is 0.241. The van der Waals surface area contributed by atoms with Gasteiger partial charge in [0.1, 0.15) is 12.2 Å². The van der Waals surface area contributed by atoms with Crippen molar-refractivity contribution in [1.29, 1.82) is 0 Å². The minimum Gasteiger partial charge on any atom is -0.445 e. The van der Waals surface area contributed by atoms with Gasteiger partial charge in [0.25, 0.3) is 0 Å². The van der Waals surface area contributed by atoms with Crippen molar-refractivity contribution in [1.82, 2.24) is 15.5 Å². The molecule has 3 N–H and O–H groups in total. The summed E-state index contributed by atoms with van der Waals surface area (Å²) in [7, 11) is 0. The summed E-state index contributed by atoms with van der Waals surface area (Å²) in [6.45, 7) is 7.71. The van der Waals surface area contributed by atoms with Gasteiger partial charge in [-0.3, -0.25) is 4.79 Å². The molecule has 3 aromatic rings. The second-order valence-corrected chi connectivity index (χ2v) is 11.5. The molecule has 0 aliphatic carbocycles. The van der Waals surface area contributed by atoms with Crippen molar-refractivity contribution in [2.24, 2.45) is 0 Å². The van der Waals surface area contributed by atoms with Crippen molar-refractivity contribution in [3.05, 3.63) is 83.9 Å². The lowest BCUT2D eigenvalue weighted by Crippen LogP contribution is -2.48. The van der Waals surface area contributed by atoms with Crippen molar-refractivity contribution >= 4 is 28.9 Å². The number of hydrogen-bond acceptors (Lipinski definition) is 6. The molecular formula is C33H43N3O6. The zero-order valence-electron chi connectivity index (χ0n) is 25.0. The van der Waals surface area contributed by atoms with Gasteiger partial charge in [-0.2, -0.15) is 0 Å². The first-order valence-electron chi connectivity index (χ1n) is 14.4. The highest BCUT2D eigenvalue weighted by atomic mass is 16.6. The van der Waals surface area contributed by atoms with Gasteiger partial charge in [0.2, 0.25) is 5.91 Å². The maximum absolute atomic E-state index is 13.5. The number of carbonyl (C=O) groups excluding carboxylic acids is 3. The highest BCUT2D eigenvalue weighted by Crippen LogP contribution is 2.17. The number of nitrogens with one attached hydrogen (secondary N) is 2. The van der Waals surface area contributed by atoms with Gasteiger partial charge in [-0.25, -0.2) is 9.59 Å². The molecule has 0 aromatic heterocycles. The van der Waals surface area contributed by atoms with Gasteiger partial charge >= 0.3 is 12.2 Å². The lowest BCUT2D eigenvalue weighted by Gasteiger charge is -2.29. The average molecular weight is 578 g/mol. The van der Waals surface area contributed by atoms with E-state index in [4.69, 9.17) is 9.47 Å². The van der Waals surface area contributed by atoms with E-state index in [2.05, 4.69) is 10.6 Å². The van der Waals surface area contributed by atoms with Gasteiger partial charge in [0, 0.05) is 25.7 Å². The van der Waals surface area contributed by atoms with Crippen molar-refractivity contribution in [3.63, 3.8) is 0 Å². The third-order valence-electron chi connectivity index (χ3n) is 6.38. The molecule has 3 amide bonds. The largest absolute Gasteiger partial charge is 0.445 e. The number of alkyl carbamates (subject to hydrolysis) is 2. The Kier molecular flexibility index (Phi) is 12.2. The van der Waals surface area contributed by atoms with Crippen LogP contribution in [0.5, 0.6) is 0 Å². The van der Waals surface area contributed by atoms with E-state index in [-0.39, 0.29) is 32.0 Å². The Balaban J connectivity index is 1.66. The van der Waals surface area contributed by atoms with Gasteiger partial charge in [0.05, 0.1) is 12.5 Å². The standard InChI is InChI=1S/C33H43N3O6/c1-24(37)21-36(30(38)20-26-16-17-27-13-8-9-14-28(27)19-26)22-29(15-10-18-34-31(39)42-33(2,3)4)35-32(40)41-23-25-11-6-5-7-12-25/h5-9,11-14,16-17,19,24,29,37H,10,15,18,20-23H2,1-4H3,(H,34,39)(H,35,40). The van der Waals surface area contributed by atoms with Gasteiger partial charge in [0.15, 0.2) is 0 Å². The molecule has 9 heteroatoms. The molecule has 9 nitrogen and oxygen atoms in total. The molecule has 0 heterocycles. The van der Waals surface area contributed by atoms with Crippen LogP contribution >= 0.6 is 0 Å². The molecule has 226 valence electrons. The lowest BCUT2D eigenvalue weighted by molar-refractivity contribution is -0.132. The van der Waals surface area contributed by atoms with E-state index in [0.717, 1.165) is 21.9 Å². The number of aliphatic hydroxyl groups is 1. The molecule has 0 fully saturated rings. The summed E-state index contributed by atoms with van der Waals surface area (Å²) in [5.41, 5.74) is 1.11. The predicted octanol–water partition coefficient (Wildman–Crippen LogP) is 5.19. The van der Waals surface area contributed by atoms with Crippen LogP contribution in [0.15, 0.2) is 72.8 Å². The number of rotatable bonds is 13. The van der Waals surface area contributed by atoms with Gasteiger partial charge in [-0.1, -0.05) is 72.8 Å². The van der Waals surface area contributed by atoms with E-state index in [1.807, 2.05) is 72.8 Å². The van der Waals surface area contributed by atoms with Crippen molar-refractivity contribution < 1.29 is 29.0 Å². The Hall–Kier alpha value is -4.11. The van der Waals surface area contributed by atoms with E-state index >= 15 is 0 Å². The maximum atomic E-state index is 13.5. The van der Waals surface area contributed by atoms with Crippen LogP contribution < -0.4 is 10.6 Å². The third kappa shape index (κ3) is 11.8. The minimum absolute atomic E-state index is 0.109. The van der Waals surface area contributed by atoms with Crippen molar-refractivity contribution in [3.8, 4) is 0 Å². The van der Waals surface area contributed by atoms with Gasteiger partial charge in [-0.15, -0.1) is 0 Å². The van der Waals surface area contributed by atoms with E-state index in [1.165, 1.54) is 0 Å². The Labute approximate surface area is 248 Å². The van der Waals surface area contributed by atoms with E-state index in [0.29, 0.717) is 19.4 Å². The van der Waals surface area contributed by atoms with Crippen LogP contribution in [-0.2, 0) is 27.3 Å². The summed E-state index contributed by atoms with van der Waals surface area (Å²) in [4.78, 5) is 39.8. The summed E-state index contributed by atoms with van der Waals surface area (Å²) in [6.07, 6.45) is -0.758. The molecule has 0 saturated heterocycles. The fourth-order valence-electron chi connectivity index (χ4n) is 4.49. The molecular weight excluding hydrogens is 534 g/mol.